The van der Waals surface area contributed by atoms with Crippen LogP contribution in [0.5, 0.6) is 0 Å². The van der Waals surface area contributed by atoms with Gasteiger partial charge in [0.2, 0.25) is 0 Å². The molecule has 29 heavy (non-hydrogen) atoms. The Morgan fingerprint density at radius 1 is 1.14 bits per heavy atom. The molecule has 1 aliphatic heterocycles. The molecule has 2 heterocycles. The number of aryl methyl sites for hydroxylation is 2. The Morgan fingerprint density at radius 2 is 1.86 bits per heavy atom. The molecule has 1 saturated carbocycles. The summed E-state index contributed by atoms with van der Waals surface area (Å²) >= 11 is 1.80. The summed E-state index contributed by atoms with van der Waals surface area (Å²) in [4.78, 5) is 13.4. The predicted molar refractivity (Wildman–Crippen MR) is 136 cm³/mol. The van der Waals surface area contributed by atoms with Crippen molar-refractivity contribution in [2.24, 2.45) is 10.9 Å². The molecule has 0 atom stereocenters. The van der Waals surface area contributed by atoms with Crippen molar-refractivity contribution in [3.63, 3.8) is 0 Å². The van der Waals surface area contributed by atoms with Gasteiger partial charge < -0.3 is 15.5 Å². The first-order valence-corrected chi connectivity index (χ1v) is 12.2. The molecule has 7 heteroatoms. The van der Waals surface area contributed by atoms with Gasteiger partial charge in [-0.2, -0.15) is 0 Å². The van der Waals surface area contributed by atoms with Gasteiger partial charge in [0, 0.05) is 50.1 Å². The molecule has 1 aromatic heterocycles. The predicted octanol–water partition coefficient (Wildman–Crippen LogP) is 4.52. The molecule has 2 N–H and O–H groups in total. The van der Waals surface area contributed by atoms with Gasteiger partial charge in [0.05, 0.1) is 10.7 Å². The summed E-state index contributed by atoms with van der Waals surface area (Å²) < 4.78 is 0. The van der Waals surface area contributed by atoms with Crippen molar-refractivity contribution in [1.82, 2.24) is 20.5 Å². The number of hydrogen-bond acceptors (Lipinski definition) is 4. The first-order valence-electron chi connectivity index (χ1n) is 11.3. The van der Waals surface area contributed by atoms with E-state index in [4.69, 9.17) is 4.99 Å². The summed E-state index contributed by atoms with van der Waals surface area (Å²) in [5, 5.41) is 8.27. The second kappa shape index (κ2) is 13.1. The van der Waals surface area contributed by atoms with Crippen LogP contribution in [0.2, 0.25) is 0 Å². The summed E-state index contributed by atoms with van der Waals surface area (Å²) in [6.07, 6.45) is 10.7. The van der Waals surface area contributed by atoms with Crippen LogP contribution in [0.4, 0.5) is 0 Å². The van der Waals surface area contributed by atoms with Gasteiger partial charge >= 0.3 is 0 Å². The number of aliphatic imine (C=N–C) groups is 1. The molecule has 1 aromatic rings. The second-order valence-electron chi connectivity index (χ2n) is 8.48. The Morgan fingerprint density at radius 3 is 2.48 bits per heavy atom. The topological polar surface area (TPSA) is 52.6 Å². The standard InChI is InChI=1S/C22H39N5S.HI/c1-4-23-22(24-13-10-21-17(2)25-18(3)28-21)26-20-11-14-27(15-12-20)16-19-8-6-5-7-9-19;/h19-20H,4-16H2,1-3H3,(H2,23,24,26);1H. The quantitative estimate of drug-likeness (QED) is 0.308. The van der Waals surface area contributed by atoms with E-state index in [0.29, 0.717) is 6.04 Å². The first-order chi connectivity index (χ1) is 13.6. The third-order valence-corrected chi connectivity index (χ3v) is 7.25. The van der Waals surface area contributed by atoms with Crippen molar-refractivity contribution in [3.05, 3.63) is 15.6 Å². The lowest BCUT2D eigenvalue weighted by atomic mass is 9.88. The summed E-state index contributed by atoms with van der Waals surface area (Å²) in [5.74, 6) is 1.93. The second-order valence-corrected chi connectivity index (χ2v) is 9.76. The molecule has 0 spiro atoms. The minimum atomic E-state index is 0. The van der Waals surface area contributed by atoms with E-state index in [-0.39, 0.29) is 24.0 Å². The van der Waals surface area contributed by atoms with Gasteiger partial charge in [-0.05, 0) is 52.4 Å². The number of rotatable bonds is 7. The fourth-order valence-electron chi connectivity index (χ4n) is 4.58. The van der Waals surface area contributed by atoms with Crippen LogP contribution in [0.3, 0.4) is 0 Å². The molecule has 0 unspecified atom stereocenters. The highest BCUT2D eigenvalue weighted by Gasteiger charge is 2.23. The Balaban J connectivity index is 0.00000300. The largest absolute Gasteiger partial charge is 0.357 e. The minimum Gasteiger partial charge on any atom is -0.357 e. The molecule has 2 aliphatic rings. The average molecular weight is 534 g/mol. The van der Waals surface area contributed by atoms with Gasteiger partial charge in [-0.1, -0.05) is 19.3 Å². The van der Waals surface area contributed by atoms with Gasteiger partial charge in [-0.15, -0.1) is 35.3 Å². The van der Waals surface area contributed by atoms with E-state index in [1.54, 1.807) is 11.3 Å². The van der Waals surface area contributed by atoms with Crippen LogP contribution in [-0.2, 0) is 6.42 Å². The Bertz CT molecular complexity index is 619. The van der Waals surface area contributed by atoms with Crippen molar-refractivity contribution in [3.8, 4) is 0 Å². The van der Waals surface area contributed by atoms with Gasteiger partial charge in [-0.3, -0.25) is 4.99 Å². The monoisotopic (exact) mass is 533 g/mol. The van der Waals surface area contributed by atoms with Crippen LogP contribution >= 0.6 is 35.3 Å². The molecule has 5 nitrogen and oxygen atoms in total. The van der Waals surface area contributed by atoms with Crippen LogP contribution in [0.25, 0.3) is 0 Å². The van der Waals surface area contributed by atoms with Gasteiger partial charge in [0.15, 0.2) is 5.96 Å². The van der Waals surface area contributed by atoms with Crippen LogP contribution in [0, 0.1) is 19.8 Å². The zero-order chi connectivity index (χ0) is 19.8. The molecular formula is C22H40IN5S. The SMILES string of the molecule is CCNC(=NCCc1sc(C)nc1C)NC1CCN(CC2CCCCC2)CC1.I. The average Bonchev–Trinajstić information content (AvgIpc) is 3.01. The third kappa shape index (κ3) is 8.32. The lowest BCUT2D eigenvalue weighted by Crippen LogP contribution is -2.49. The van der Waals surface area contributed by atoms with E-state index in [1.807, 2.05) is 0 Å². The number of hydrogen-bond donors (Lipinski definition) is 2. The number of nitrogens with one attached hydrogen (secondary N) is 2. The van der Waals surface area contributed by atoms with Gasteiger partial charge in [0.25, 0.3) is 0 Å². The molecule has 0 aromatic carbocycles. The Labute approximate surface area is 198 Å². The lowest BCUT2D eigenvalue weighted by molar-refractivity contribution is 0.160. The van der Waals surface area contributed by atoms with Gasteiger partial charge in [0.1, 0.15) is 0 Å². The molecule has 1 saturated heterocycles. The number of piperidine rings is 1. The minimum absolute atomic E-state index is 0. The normalized spacial score (nSPS) is 19.8. The van der Waals surface area contributed by atoms with Crippen LogP contribution in [0.1, 0.15) is 67.4 Å². The fourth-order valence-corrected chi connectivity index (χ4v) is 5.51. The van der Waals surface area contributed by atoms with Crippen molar-refractivity contribution < 1.29 is 0 Å². The van der Waals surface area contributed by atoms with Crippen molar-refractivity contribution in [2.45, 2.75) is 78.2 Å². The summed E-state index contributed by atoms with van der Waals surface area (Å²) in [6, 6.07) is 0.549. The maximum absolute atomic E-state index is 4.83. The maximum atomic E-state index is 4.83. The summed E-state index contributed by atoms with van der Waals surface area (Å²) in [7, 11) is 0. The van der Waals surface area contributed by atoms with Crippen molar-refractivity contribution in [2.75, 3.05) is 32.7 Å². The summed E-state index contributed by atoms with van der Waals surface area (Å²) in [5.41, 5.74) is 1.17. The molecule has 0 amide bonds. The van der Waals surface area contributed by atoms with Crippen molar-refractivity contribution in [1.29, 1.82) is 0 Å². The number of thiazole rings is 1. The Hall–Kier alpha value is -0.410. The zero-order valence-corrected chi connectivity index (χ0v) is 21.7. The van der Waals surface area contributed by atoms with E-state index in [1.165, 1.54) is 75.2 Å². The number of guanidine groups is 1. The highest BCUT2D eigenvalue weighted by atomic mass is 127. The molecule has 3 rings (SSSR count). The van der Waals surface area contributed by atoms with Crippen molar-refractivity contribution >= 4 is 41.3 Å². The molecule has 0 bridgehead atoms. The lowest BCUT2D eigenvalue weighted by Gasteiger charge is -2.36. The zero-order valence-electron chi connectivity index (χ0n) is 18.5. The fraction of sp³-hybridized carbons (Fsp3) is 0.818. The van der Waals surface area contributed by atoms with Crippen LogP contribution in [-0.4, -0.2) is 54.6 Å². The third-order valence-electron chi connectivity index (χ3n) is 6.12. The van der Waals surface area contributed by atoms with Gasteiger partial charge in [-0.25, -0.2) is 4.98 Å². The molecule has 0 radical (unpaired) electrons. The highest BCUT2D eigenvalue weighted by molar-refractivity contribution is 14.0. The van der Waals surface area contributed by atoms with E-state index in [2.05, 4.69) is 41.3 Å². The number of nitrogens with zero attached hydrogens (tertiary/aromatic N) is 3. The van der Waals surface area contributed by atoms with E-state index >= 15 is 0 Å². The molecule has 166 valence electrons. The highest BCUT2D eigenvalue weighted by Crippen LogP contribution is 2.25. The number of aromatic nitrogens is 1. The summed E-state index contributed by atoms with van der Waals surface area (Å²) in [6.45, 7) is 11.8. The van der Waals surface area contributed by atoms with E-state index in [9.17, 15) is 0 Å². The molecular weight excluding hydrogens is 493 g/mol. The smallest absolute Gasteiger partial charge is 0.191 e. The number of halogens is 1. The molecule has 2 fully saturated rings. The maximum Gasteiger partial charge on any atom is 0.191 e. The number of likely N-dealkylation sites (tertiary alicyclic amines) is 1. The van der Waals surface area contributed by atoms with Crippen LogP contribution in [0.15, 0.2) is 4.99 Å². The Kier molecular flexibility index (Phi) is 11.2. The molecule has 1 aliphatic carbocycles. The van der Waals surface area contributed by atoms with E-state index < -0.39 is 0 Å². The first kappa shape index (κ1) is 24.9. The van der Waals surface area contributed by atoms with E-state index in [0.717, 1.165) is 36.4 Å². The van der Waals surface area contributed by atoms with Crippen LogP contribution < -0.4 is 10.6 Å².